The van der Waals surface area contributed by atoms with Crippen molar-refractivity contribution < 1.29 is 17.9 Å². The molecule has 0 bridgehead atoms. The molecular formula is C11H17FN2O3S. The summed E-state index contributed by atoms with van der Waals surface area (Å²) in [7, 11) is -3.25. The van der Waals surface area contributed by atoms with E-state index in [1.54, 1.807) is 6.92 Å². The van der Waals surface area contributed by atoms with Gasteiger partial charge in [0.2, 0.25) is 10.0 Å². The second-order valence-electron chi connectivity index (χ2n) is 3.77. The van der Waals surface area contributed by atoms with Crippen molar-refractivity contribution in [3.8, 4) is 5.75 Å². The molecule has 1 aromatic rings. The standard InChI is InChI=1S/C11H17FN2O3S/c1-2-14-18(16,17)6-5-13-8-9-7-10(12)3-4-11(9)15/h3-4,7,13-15H,2,5-6,8H2,1H3. The first-order chi connectivity index (χ1) is 8.44. The lowest BCUT2D eigenvalue weighted by molar-refractivity contribution is 0.462. The molecule has 1 aromatic carbocycles. The lowest BCUT2D eigenvalue weighted by atomic mass is 10.2. The Balaban J connectivity index is 2.40. The van der Waals surface area contributed by atoms with Gasteiger partial charge in [0.05, 0.1) is 5.75 Å². The molecule has 0 radical (unpaired) electrons. The highest BCUT2D eigenvalue weighted by atomic mass is 32.2. The SMILES string of the molecule is CCNS(=O)(=O)CCNCc1cc(F)ccc1O. The minimum atomic E-state index is -3.25. The zero-order valence-electron chi connectivity index (χ0n) is 10.1. The molecule has 0 aliphatic rings. The van der Waals surface area contributed by atoms with Crippen LogP contribution in [-0.4, -0.2) is 32.4 Å². The van der Waals surface area contributed by atoms with Gasteiger partial charge in [0.1, 0.15) is 11.6 Å². The van der Waals surface area contributed by atoms with Gasteiger partial charge in [-0.15, -0.1) is 0 Å². The average molecular weight is 276 g/mol. The third kappa shape index (κ3) is 4.99. The predicted octanol–water partition coefficient (Wildman–Crippen LogP) is 0.560. The molecule has 0 aromatic heterocycles. The Hall–Kier alpha value is -1.18. The fourth-order valence-electron chi connectivity index (χ4n) is 1.42. The summed E-state index contributed by atoms with van der Waals surface area (Å²) in [6.45, 7) is 2.50. The molecule has 0 aliphatic carbocycles. The van der Waals surface area contributed by atoms with Crippen LogP contribution in [0.5, 0.6) is 5.75 Å². The van der Waals surface area contributed by atoms with Crippen LogP contribution in [0.2, 0.25) is 0 Å². The summed E-state index contributed by atoms with van der Waals surface area (Å²) in [5.41, 5.74) is 0.399. The zero-order valence-corrected chi connectivity index (χ0v) is 10.9. The van der Waals surface area contributed by atoms with E-state index in [9.17, 15) is 17.9 Å². The van der Waals surface area contributed by atoms with Gasteiger partial charge in [-0.05, 0) is 18.2 Å². The Bertz CT molecular complexity index is 491. The van der Waals surface area contributed by atoms with Crippen LogP contribution in [0.3, 0.4) is 0 Å². The van der Waals surface area contributed by atoms with E-state index in [4.69, 9.17) is 0 Å². The Labute approximate surface area is 106 Å². The molecule has 0 amide bonds. The maximum absolute atomic E-state index is 12.9. The number of halogens is 1. The fourth-order valence-corrected chi connectivity index (χ4v) is 2.41. The number of hydrogen-bond acceptors (Lipinski definition) is 4. The molecule has 0 saturated carbocycles. The number of phenols is 1. The first-order valence-electron chi connectivity index (χ1n) is 5.60. The predicted molar refractivity (Wildman–Crippen MR) is 67.2 cm³/mol. The van der Waals surface area contributed by atoms with Crippen LogP contribution in [0, 0.1) is 5.82 Å². The summed E-state index contributed by atoms with van der Waals surface area (Å²) in [6.07, 6.45) is 0. The Morgan fingerprint density at radius 3 is 2.78 bits per heavy atom. The van der Waals surface area contributed by atoms with E-state index in [1.807, 2.05) is 0 Å². The van der Waals surface area contributed by atoms with E-state index in [1.165, 1.54) is 12.1 Å². The van der Waals surface area contributed by atoms with Crippen LogP contribution >= 0.6 is 0 Å². The second kappa shape index (κ2) is 6.67. The smallest absolute Gasteiger partial charge is 0.212 e. The molecule has 0 heterocycles. The topological polar surface area (TPSA) is 78.4 Å². The van der Waals surface area contributed by atoms with E-state index in [2.05, 4.69) is 10.0 Å². The highest BCUT2D eigenvalue weighted by molar-refractivity contribution is 7.89. The zero-order chi connectivity index (χ0) is 13.6. The minimum Gasteiger partial charge on any atom is -0.508 e. The third-order valence-corrected chi connectivity index (χ3v) is 3.74. The van der Waals surface area contributed by atoms with Crippen molar-refractivity contribution >= 4 is 10.0 Å². The molecule has 1 rings (SSSR count). The van der Waals surface area contributed by atoms with E-state index >= 15 is 0 Å². The van der Waals surface area contributed by atoms with Crippen molar-refractivity contribution in [1.29, 1.82) is 0 Å². The van der Waals surface area contributed by atoms with Gasteiger partial charge in [0, 0.05) is 25.2 Å². The summed E-state index contributed by atoms with van der Waals surface area (Å²) < 4.78 is 37.9. The lowest BCUT2D eigenvalue weighted by Crippen LogP contribution is -2.31. The van der Waals surface area contributed by atoms with Gasteiger partial charge in [-0.1, -0.05) is 6.92 Å². The van der Waals surface area contributed by atoms with Crippen molar-refractivity contribution in [2.24, 2.45) is 0 Å². The van der Waals surface area contributed by atoms with Gasteiger partial charge >= 0.3 is 0 Å². The highest BCUT2D eigenvalue weighted by Gasteiger charge is 2.08. The number of hydrogen-bond donors (Lipinski definition) is 3. The van der Waals surface area contributed by atoms with E-state index < -0.39 is 15.8 Å². The van der Waals surface area contributed by atoms with Gasteiger partial charge < -0.3 is 10.4 Å². The molecule has 0 fully saturated rings. The quantitative estimate of drug-likeness (QED) is 0.636. The molecule has 3 N–H and O–H groups in total. The molecule has 7 heteroatoms. The first-order valence-corrected chi connectivity index (χ1v) is 7.25. The summed E-state index contributed by atoms with van der Waals surface area (Å²) in [4.78, 5) is 0. The molecule has 18 heavy (non-hydrogen) atoms. The largest absolute Gasteiger partial charge is 0.508 e. The lowest BCUT2D eigenvalue weighted by Gasteiger charge is -2.08. The third-order valence-electron chi connectivity index (χ3n) is 2.27. The summed E-state index contributed by atoms with van der Waals surface area (Å²) >= 11 is 0. The molecule has 5 nitrogen and oxygen atoms in total. The normalized spacial score (nSPS) is 11.7. The minimum absolute atomic E-state index is 0.0153. The van der Waals surface area contributed by atoms with Crippen LogP contribution in [0.4, 0.5) is 4.39 Å². The molecular weight excluding hydrogens is 259 g/mol. The van der Waals surface area contributed by atoms with Gasteiger partial charge in [-0.25, -0.2) is 17.5 Å². The number of benzene rings is 1. The van der Waals surface area contributed by atoms with Crippen LogP contribution in [0.25, 0.3) is 0 Å². The highest BCUT2D eigenvalue weighted by Crippen LogP contribution is 2.17. The van der Waals surface area contributed by atoms with Crippen molar-refractivity contribution in [1.82, 2.24) is 10.0 Å². The van der Waals surface area contributed by atoms with Crippen molar-refractivity contribution in [2.45, 2.75) is 13.5 Å². The molecule has 102 valence electrons. The summed E-state index contributed by atoms with van der Waals surface area (Å²) in [5, 5.41) is 12.3. The Kier molecular flexibility index (Phi) is 5.52. The van der Waals surface area contributed by atoms with Crippen LogP contribution in [-0.2, 0) is 16.6 Å². The molecule has 0 aliphatic heterocycles. The maximum atomic E-state index is 12.9. The van der Waals surface area contributed by atoms with Gasteiger partial charge in [-0.2, -0.15) is 0 Å². The maximum Gasteiger partial charge on any atom is 0.212 e. The summed E-state index contributed by atoms with van der Waals surface area (Å²) in [5.74, 6) is -0.514. The van der Waals surface area contributed by atoms with Crippen LogP contribution in [0.15, 0.2) is 18.2 Å². The number of rotatable bonds is 7. The monoisotopic (exact) mass is 276 g/mol. The summed E-state index contributed by atoms with van der Waals surface area (Å²) in [6, 6.07) is 3.64. The van der Waals surface area contributed by atoms with E-state index in [-0.39, 0.29) is 24.6 Å². The van der Waals surface area contributed by atoms with Crippen LogP contribution in [0.1, 0.15) is 12.5 Å². The number of phenolic OH excluding ortho intramolecular Hbond substituents is 1. The van der Waals surface area contributed by atoms with Gasteiger partial charge in [-0.3, -0.25) is 0 Å². The number of aromatic hydroxyl groups is 1. The van der Waals surface area contributed by atoms with E-state index in [0.717, 1.165) is 6.07 Å². The van der Waals surface area contributed by atoms with Crippen molar-refractivity contribution in [3.63, 3.8) is 0 Å². The van der Waals surface area contributed by atoms with Crippen molar-refractivity contribution in [3.05, 3.63) is 29.6 Å². The molecule has 0 atom stereocenters. The van der Waals surface area contributed by atoms with Gasteiger partial charge in [0.15, 0.2) is 0 Å². The number of nitrogens with one attached hydrogen (secondary N) is 2. The average Bonchev–Trinajstić information content (AvgIpc) is 2.29. The van der Waals surface area contributed by atoms with Gasteiger partial charge in [0.25, 0.3) is 0 Å². The molecule has 0 spiro atoms. The second-order valence-corrected chi connectivity index (χ2v) is 5.69. The first kappa shape index (κ1) is 14.9. The van der Waals surface area contributed by atoms with Crippen molar-refractivity contribution in [2.75, 3.05) is 18.8 Å². The number of sulfonamides is 1. The molecule has 0 saturated heterocycles. The van der Waals surface area contributed by atoms with E-state index in [0.29, 0.717) is 12.1 Å². The Morgan fingerprint density at radius 1 is 1.39 bits per heavy atom. The fraction of sp³-hybridized carbons (Fsp3) is 0.455. The van der Waals surface area contributed by atoms with Crippen LogP contribution < -0.4 is 10.0 Å². The Morgan fingerprint density at radius 2 is 2.11 bits per heavy atom. The molecule has 0 unspecified atom stereocenters.